The summed E-state index contributed by atoms with van der Waals surface area (Å²) in [6, 6.07) is 0.761. The molecule has 7 heteroatoms. The van der Waals surface area contributed by atoms with Gasteiger partial charge in [0.15, 0.2) is 5.82 Å². The number of likely N-dealkylation sites (N-methyl/N-ethyl adjacent to an activating group) is 1. The maximum absolute atomic E-state index is 11.7. The van der Waals surface area contributed by atoms with E-state index < -0.39 is 0 Å². The first-order valence-corrected chi connectivity index (χ1v) is 7.39. The van der Waals surface area contributed by atoms with Gasteiger partial charge in [0, 0.05) is 26.2 Å². The zero-order valence-corrected chi connectivity index (χ0v) is 12.2. The Hall–Kier alpha value is -1.34. The van der Waals surface area contributed by atoms with E-state index in [1.807, 2.05) is 0 Å². The molecule has 0 atom stereocenters. The van der Waals surface area contributed by atoms with Crippen molar-refractivity contribution >= 4 is 28.3 Å². The van der Waals surface area contributed by atoms with Crippen molar-refractivity contribution in [1.29, 1.82) is 0 Å². The van der Waals surface area contributed by atoms with Gasteiger partial charge in [-0.1, -0.05) is 6.92 Å². The first-order chi connectivity index (χ1) is 9.17. The van der Waals surface area contributed by atoms with Crippen LogP contribution in [0.25, 0.3) is 0 Å². The zero-order valence-electron chi connectivity index (χ0n) is 11.4. The summed E-state index contributed by atoms with van der Waals surface area (Å²) in [4.78, 5) is 14.2. The minimum absolute atomic E-state index is 0.191. The Kier molecular flexibility index (Phi) is 4.60. The molecule has 1 aromatic heterocycles. The molecule has 1 aromatic rings. The number of nitrogens with one attached hydrogen (secondary N) is 2. The number of carbonyl (C=O) groups excluding carboxylic acids is 1. The molecule has 2 rings (SSSR count). The number of rotatable bonds is 7. The van der Waals surface area contributed by atoms with Gasteiger partial charge in [-0.3, -0.25) is 9.69 Å². The number of nitrogens with zero attached hydrogens (tertiary/aromatic N) is 2. The highest BCUT2D eigenvalue weighted by Gasteiger charge is 2.27. The third-order valence-corrected chi connectivity index (χ3v) is 4.15. The Labute approximate surface area is 117 Å². The molecule has 1 heterocycles. The van der Waals surface area contributed by atoms with Crippen LogP contribution in [0, 0.1) is 0 Å². The van der Waals surface area contributed by atoms with E-state index in [2.05, 4.69) is 26.8 Å². The molecule has 1 saturated carbocycles. The minimum Gasteiger partial charge on any atom is -0.382 e. The van der Waals surface area contributed by atoms with Gasteiger partial charge in [-0.05, 0) is 30.9 Å². The fourth-order valence-corrected chi connectivity index (χ4v) is 2.86. The van der Waals surface area contributed by atoms with E-state index in [0.717, 1.165) is 30.7 Å². The molecule has 0 aromatic carbocycles. The number of hydrogen-bond acceptors (Lipinski definition) is 6. The topological polar surface area (TPSA) is 83.3 Å². The predicted octanol–water partition coefficient (Wildman–Crippen LogP) is 0.981. The number of nitrogens with two attached hydrogens (primary N) is 1. The number of hydrogen-bond donors (Lipinski definition) is 3. The Morgan fingerprint density at radius 3 is 2.89 bits per heavy atom. The third-order valence-electron chi connectivity index (χ3n) is 3.33. The highest BCUT2D eigenvalue weighted by Crippen LogP contribution is 2.28. The molecule has 0 bridgehead atoms. The average molecular weight is 283 g/mol. The zero-order chi connectivity index (χ0) is 13.8. The lowest BCUT2D eigenvalue weighted by Crippen LogP contribution is -2.31. The van der Waals surface area contributed by atoms with Crippen molar-refractivity contribution in [2.75, 3.05) is 37.7 Å². The molecule has 0 unspecified atom stereocenters. The van der Waals surface area contributed by atoms with Crippen LogP contribution >= 0.6 is 11.5 Å². The highest BCUT2D eigenvalue weighted by molar-refractivity contribution is 7.11. The van der Waals surface area contributed by atoms with E-state index in [9.17, 15) is 4.79 Å². The summed E-state index contributed by atoms with van der Waals surface area (Å²) < 4.78 is 4.03. The van der Waals surface area contributed by atoms with Crippen LogP contribution in [0.5, 0.6) is 0 Å². The second-order valence-electron chi connectivity index (χ2n) is 4.64. The summed E-state index contributed by atoms with van der Waals surface area (Å²) in [7, 11) is 1.59. The number of carbonyl (C=O) groups is 1. The lowest BCUT2D eigenvalue weighted by molar-refractivity contribution is 0.0965. The fourth-order valence-electron chi connectivity index (χ4n) is 2.12. The standard InChI is InChI=1S/C12H21N5OS/c1-3-17(8-4-5-8)7-6-15-12-9(11(18)14-2)10(13)16-19-12/h8,15H,3-7H2,1-2H3,(H2,13,16)(H,14,18). The van der Waals surface area contributed by atoms with Gasteiger partial charge in [-0.25, -0.2) is 0 Å². The van der Waals surface area contributed by atoms with Crippen LogP contribution < -0.4 is 16.4 Å². The number of anilines is 2. The van der Waals surface area contributed by atoms with E-state index in [0.29, 0.717) is 11.4 Å². The molecule has 0 aliphatic heterocycles. The molecule has 1 aliphatic carbocycles. The maximum Gasteiger partial charge on any atom is 0.257 e. The number of amides is 1. The Morgan fingerprint density at radius 2 is 2.32 bits per heavy atom. The van der Waals surface area contributed by atoms with Crippen molar-refractivity contribution in [3.63, 3.8) is 0 Å². The van der Waals surface area contributed by atoms with E-state index in [1.165, 1.54) is 24.4 Å². The summed E-state index contributed by atoms with van der Waals surface area (Å²) in [5.74, 6) is 0.102. The smallest absolute Gasteiger partial charge is 0.257 e. The van der Waals surface area contributed by atoms with Crippen molar-refractivity contribution in [1.82, 2.24) is 14.6 Å². The van der Waals surface area contributed by atoms with E-state index in [-0.39, 0.29) is 5.91 Å². The summed E-state index contributed by atoms with van der Waals surface area (Å²) in [6.45, 7) is 5.03. The van der Waals surface area contributed by atoms with Crippen LogP contribution in [0.15, 0.2) is 0 Å². The molecule has 0 saturated heterocycles. The van der Waals surface area contributed by atoms with Crippen molar-refractivity contribution in [2.45, 2.75) is 25.8 Å². The Bertz CT molecular complexity index is 443. The monoisotopic (exact) mass is 283 g/mol. The number of aromatic nitrogens is 1. The van der Waals surface area contributed by atoms with Gasteiger partial charge in [0.05, 0.1) is 0 Å². The lowest BCUT2D eigenvalue weighted by atomic mass is 10.3. The molecule has 0 radical (unpaired) electrons. The SMILES string of the molecule is CCN(CCNc1snc(N)c1C(=O)NC)C1CC1. The van der Waals surface area contributed by atoms with E-state index >= 15 is 0 Å². The third kappa shape index (κ3) is 3.36. The normalized spacial score (nSPS) is 14.7. The summed E-state index contributed by atoms with van der Waals surface area (Å²) in [5, 5.41) is 6.61. The summed E-state index contributed by atoms with van der Waals surface area (Å²) in [5.41, 5.74) is 6.18. The van der Waals surface area contributed by atoms with Crippen molar-refractivity contribution in [2.24, 2.45) is 0 Å². The largest absolute Gasteiger partial charge is 0.382 e. The van der Waals surface area contributed by atoms with Gasteiger partial charge >= 0.3 is 0 Å². The van der Waals surface area contributed by atoms with Crippen LogP contribution in [0.3, 0.4) is 0 Å². The molecule has 1 fully saturated rings. The quantitative estimate of drug-likeness (QED) is 0.695. The van der Waals surface area contributed by atoms with Crippen LogP contribution in [0.1, 0.15) is 30.1 Å². The Balaban J connectivity index is 1.90. The van der Waals surface area contributed by atoms with Crippen molar-refractivity contribution in [3.05, 3.63) is 5.56 Å². The molecule has 1 aliphatic rings. The van der Waals surface area contributed by atoms with Gasteiger partial charge in [0.25, 0.3) is 5.91 Å². The van der Waals surface area contributed by atoms with E-state index in [1.54, 1.807) is 7.05 Å². The summed E-state index contributed by atoms with van der Waals surface area (Å²) in [6.07, 6.45) is 2.62. The van der Waals surface area contributed by atoms with Crippen molar-refractivity contribution in [3.8, 4) is 0 Å². The highest BCUT2D eigenvalue weighted by atomic mass is 32.1. The van der Waals surface area contributed by atoms with Crippen LogP contribution in [0.2, 0.25) is 0 Å². The van der Waals surface area contributed by atoms with Gasteiger partial charge in [0.2, 0.25) is 0 Å². The van der Waals surface area contributed by atoms with Crippen LogP contribution in [-0.2, 0) is 0 Å². The number of nitrogen functional groups attached to an aromatic ring is 1. The molecule has 106 valence electrons. The molecule has 0 spiro atoms. The summed E-state index contributed by atoms with van der Waals surface area (Å²) >= 11 is 1.24. The van der Waals surface area contributed by atoms with Gasteiger partial charge in [-0.2, -0.15) is 4.37 Å². The predicted molar refractivity (Wildman–Crippen MR) is 78.7 cm³/mol. The van der Waals surface area contributed by atoms with Crippen LogP contribution in [0.4, 0.5) is 10.8 Å². The first-order valence-electron chi connectivity index (χ1n) is 6.62. The van der Waals surface area contributed by atoms with Gasteiger partial charge < -0.3 is 16.4 Å². The van der Waals surface area contributed by atoms with Crippen molar-refractivity contribution < 1.29 is 4.79 Å². The second kappa shape index (κ2) is 6.21. The average Bonchev–Trinajstić information content (AvgIpc) is 3.18. The molecule has 1 amide bonds. The van der Waals surface area contributed by atoms with Gasteiger partial charge in [-0.15, -0.1) is 0 Å². The fraction of sp³-hybridized carbons (Fsp3) is 0.667. The molecular weight excluding hydrogens is 262 g/mol. The maximum atomic E-state index is 11.7. The second-order valence-corrected chi connectivity index (χ2v) is 5.41. The molecular formula is C12H21N5OS. The minimum atomic E-state index is -0.191. The van der Waals surface area contributed by atoms with Crippen LogP contribution in [-0.4, -0.2) is 47.9 Å². The lowest BCUT2D eigenvalue weighted by Gasteiger charge is -2.19. The Morgan fingerprint density at radius 1 is 1.58 bits per heavy atom. The first kappa shape index (κ1) is 14.1. The van der Waals surface area contributed by atoms with E-state index in [4.69, 9.17) is 5.73 Å². The molecule has 4 N–H and O–H groups in total. The van der Waals surface area contributed by atoms with Gasteiger partial charge in [0.1, 0.15) is 10.6 Å². The molecule has 6 nitrogen and oxygen atoms in total. The molecule has 19 heavy (non-hydrogen) atoms.